The second kappa shape index (κ2) is 10.5. The summed E-state index contributed by atoms with van der Waals surface area (Å²) in [7, 11) is 0. The summed E-state index contributed by atoms with van der Waals surface area (Å²) in [6.07, 6.45) is 4.24. The molecule has 8 aromatic rings. The van der Waals surface area contributed by atoms with Gasteiger partial charge in [0, 0.05) is 51.7 Å². The Bertz CT molecular complexity index is 2090. The molecule has 43 heavy (non-hydrogen) atoms. The lowest BCUT2D eigenvalue weighted by molar-refractivity contribution is -0.595. The van der Waals surface area contributed by atoms with Gasteiger partial charge in [-0.3, -0.25) is 0 Å². The van der Waals surface area contributed by atoms with Gasteiger partial charge in [0.1, 0.15) is 0 Å². The van der Waals surface area contributed by atoms with Crippen LogP contribution in [0.3, 0.4) is 0 Å². The fourth-order valence-corrected chi connectivity index (χ4v) is 5.81. The Labute approximate surface area is 249 Å². The van der Waals surface area contributed by atoms with Gasteiger partial charge in [0.15, 0.2) is 18.2 Å². The van der Waals surface area contributed by atoms with E-state index in [0.717, 1.165) is 39.5 Å². The van der Waals surface area contributed by atoms with E-state index in [2.05, 4.69) is 137 Å². The third-order valence-electron chi connectivity index (χ3n) is 7.94. The molecule has 0 aliphatic heterocycles. The Morgan fingerprint density at radius 1 is 0.442 bits per heavy atom. The van der Waals surface area contributed by atoms with E-state index in [1.54, 1.807) is 0 Å². The molecule has 0 bridgehead atoms. The molecule has 0 spiro atoms. The fraction of sp³-hybridized carbons (Fsp3) is 0. The first kappa shape index (κ1) is 24.9. The van der Waals surface area contributed by atoms with Crippen LogP contribution in [-0.2, 0) is 0 Å². The van der Waals surface area contributed by atoms with Crippen molar-refractivity contribution < 1.29 is 4.57 Å². The Morgan fingerprint density at radius 2 is 0.930 bits per heavy atom. The summed E-state index contributed by atoms with van der Waals surface area (Å²) in [5, 5.41) is 2.53. The second-order valence-corrected chi connectivity index (χ2v) is 10.6. The first-order valence-corrected chi connectivity index (χ1v) is 14.4. The van der Waals surface area contributed by atoms with Gasteiger partial charge in [-0.15, -0.1) is 0 Å². The number of pyridine rings is 1. The highest BCUT2D eigenvalue weighted by Gasteiger charge is 2.15. The van der Waals surface area contributed by atoms with E-state index in [-0.39, 0.29) is 0 Å². The van der Waals surface area contributed by atoms with Gasteiger partial charge in [-0.1, -0.05) is 97.1 Å². The molecule has 0 saturated heterocycles. The van der Waals surface area contributed by atoms with E-state index in [0.29, 0.717) is 5.82 Å². The quantitative estimate of drug-likeness (QED) is 0.200. The minimum absolute atomic E-state index is 0.707. The number of para-hydroxylation sites is 2. The summed E-state index contributed by atoms with van der Waals surface area (Å²) < 4.78 is 4.47. The summed E-state index contributed by atoms with van der Waals surface area (Å²) in [4.78, 5) is 9.94. The molecule has 0 N–H and O–H groups in total. The summed E-state index contributed by atoms with van der Waals surface area (Å²) in [6, 6.07) is 52.6. The normalized spacial score (nSPS) is 11.3. The van der Waals surface area contributed by atoms with Crippen LogP contribution in [0.15, 0.2) is 164 Å². The maximum Gasteiger partial charge on any atom is 0.210 e. The molecule has 0 radical (unpaired) electrons. The largest absolute Gasteiger partial charge is 0.309 e. The van der Waals surface area contributed by atoms with E-state index >= 15 is 0 Å². The molecular formula is C39H27N4+. The van der Waals surface area contributed by atoms with Crippen LogP contribution in [0.2, 0.25) is 0 Å². The second-order valence-electron chi connectivity index (χ2n) is 10.6. The van der Waals surface area contributed by atoms with Gasteiger partial charge < -0.3 is 4.57 Å². The van der Waals surface area contributed by atoms with Crippen molar-refractivity contribution in [1.82, 2.24) is 14.5 Å². The van der Waals surface area contributed by atoms with Gasteiger partial charge in [0.05, 0.1) is 28.1 Å². The van der Waals surface area contributed by atoms with Gasteiger partial charge >= 0.3 is 0 Å². The van der Waals surface area contributed by atoms with Crippen molar-refractivity contribution in [3.05, 3.63) is 164 Å². The van der Waals surface area contributed by atoms with Gasteiger partial charge in [-0.2, -0.15) is 4.57 Å². The fourth-order valence-electron chi connectivity index (χ4n) is 5.81. The maximum absolute atomic E-state index is 4.97. The molecule has 4 heteroatoms. The minimum atomic E-state index is 0.707. The molecule has 8 rings (SSSR count). The van der Waals surface area contributed by atoms with Crippen molar-refractivity contribution in [3.63, 3.8) is 0 Å². The van der Waals surface area contributed by atoms with E-state index in [1.807, 2.05) is 36.4 Å². The number of fused-ring (bicyclic) bond motifs is 3. The van der Waals surface area contributed by atoms with E-state index in [1.165, 1.54) is 21.8 Å². The van der Waals surface area contributed by atoms with E-state index in [9.17, 15) is 0 Å². The average molecular weight is 552 g/mol. The molecule has 0 aliphatic rings. The van der Waals surface area contributed by atoms with Gasteiger partial charge in [-0.05, 0) is 30.3 Å². The zero-order valence-corrected chi connectivity index (χ0v) is 23.4. The standard InChI is InChI=1S/C39H27N4/c1-3-11-28(12-4-1)35-27-36(29-13-5-2-6-14-29)41-39(40-35)30-19-21-31(22-20-30)42-25-23-32(24-26-42)43-37-17-9-7-15-33(37)34-16-8-10-18-38(34)43/h1-27H/q+1. The highest BCUT2D eigenvalue weighted by atomic mass is 15.0. The van der Waals surface area contributed by atoms with Crippen molar-refractivity contribution in [2.45, 2.75) is 0 Å². The summed E-state index contributed by atoms with van der Waals surface area (Å²) in [5.41, 5.74) is 9.53. The molecule has 0 aliphatic carbocycles. The zero-order chi connectivity index (χ0) is 28.6. The van der Waals surface area contributed by atoms with Crippen molar-refractivity contribution >= 4 is 21.8 Å². The van der Waals surface area contributed by atoms with Crippen LogP contribution in [0.5, 0.6) is 0 Å². The lowest BCUT2D eigenvalue weighted by Crippen LogP contribution is -2.29. The number of aromatic nitrogens is 4. The van der Waals surface area contributed by atoms with Crippen LogP contribution >= 0.6 is 0 Å². The van der Waals surface area contributed by atoms with Gasteiger partial charge in [0.2, 0.25) is 5.69 Å². The Kier molecular flexibility index (Phi) is 6.08. The van der Waals surface area contributed by atoms with Crippen LogP contribution in [0, 0.1) is 0 Å². The monoisotopic (exact) mass is 551 g/mol. The molecule has 5 aromatic carbocycles. The van der Waals surface area contributed by atoms with Crippen molar-refractivity contribution in [2.75, 3.05) is 0 Å². The van der Waals surface area contributed by atoms with Crippen LogP contribution < -0.4 is 4.57 Å². The Balaban J connectivity index is 1.15. The number of benzene rings is 5. The van der Waals surface area contributed by atoms with Crippen molar-refractivity contribution in [1.29, 1.82) is 0 Å². The van der Waals surface area contributed by atoms with E-state index < -0.39 is 0 Å². The molecule has 202 valence electrons. The smallest absolute Gasteiger partial charge is 0.210 e. The van der Waals surface area contributed by atoms with Crippen molar-refractivity contribution in [3.8, 4) is 45.3 Å². The van der Waals surface area contributed by atoms with Gasteiger partial charge in [-0.25, -0.2) is 9.97 Å². The van der Waals surface area contributed by atoms with Crippen LogP contribution in [0.4, 0.5) is 0 Å². The predicted octanol–water partition coefficient (Wildman–Crippen LogP) is 8.85. The molecule has 0 amide bonds. The summed E-state index contributed by atoms with van der Waals surface area (Å²) in [6.45, 7) is 0. The average Bonchev–Trinajstić information content (AvgIpc) is 3.43. The lowest BCUT2D eigenvalue weighted by Gasteiger charge is -2.09. The highest BCUT2D eigenvalue weighted by molar-refractivity contribution is 6.09. The molecule has 0 atom stereocenters. The first-order chi connectivity index (χ1) is 21.3. The van der Waals surface area contributed by atoms with Crippen molar-refractivity contribution in [2.24, 2.45) is 0 Å². The minimum Gasteiger partial charge on any atom is -0.309 e. The first-order valence-electron chi connectivity index (χ1n) is 14.4. The molecule has 3 aromatic heterocycles. The van der Waals surface area contributed by atoms with Crippen LogP contribution in [0.1, 0.15) is 0 Å². The summed E-state index contributed by atoms with van der Waals surface area (Å²) in [5.74, 6) is 0.707. The molecular weight excluding hydrogens is 524 g/mol. The number of hydrogen-bond donors (Lipinski definition) is 0. The third-order valence-corrected chi connectivity index (χ3v) is 7.94. The van der Waals surface area contributed by atoms with Crippen LogP contribution in [0.25, 0.3) is 67.1 Å². The maximum atomic E-state index is 4.97. The zero-order valence-electron chi connectivity index (χ0n) is 23.4. The topological polar surface area (TPSA) is 34.6 Å². The third kappa shape index (κ3) is 4.55. The Hall–Kier alpha value is -5.87. The molecule has 4 nitrogen and oxygen atoms in total. The molecule has 0 fully saturated rings. The number of hydrogen-bond acceptors (Lipinski definition) is 2. The van der Waals surface area contributed by atoms with Gasteiger partial charge in [0.25, 0.3) is 0 Å². The Morgan fingerprint density at radius 3 is 1.47 bits per heavy atom. The van der Waals surface area contributed by atoms with Crippen LogP contribution in [-0.4, -0.2) is 14.5 Å². The summed E-state index contributed by atoms with van der Waals surface area (Å²) >= 11 is 0. The molecule has 3 heterocycles. The van der Waals surface area contributed by atoms with E-state index in [4.69, 9.17) is 9.97 Å². The highest BCUT2D eigenvalue weighted by Crippen LogP contribution is 2.32. The molecule has 0 saturated carbocycles. The number of rotatable bonds is 5. The number of nitrogens with zero attached hydrogens (tertiary/aromatic N) is 4. The molecule has 0 unspecified atom stereocenters. The predicted molar refractivity (Wildman–Crippen MR) is 174 cm³/mol. The SMILES string of the molecule is c1ccc(-c2cc(-c3ccccc3)nc(-c3ccc(-[n+]4ccc(-n5c6ccccc6c6ccccc65)cc4)cc3)n2)cc1. The lowest BCUT2D eigenvalue weighted by atomic mass is 10.1.